The van der Waals surface area contributed by atoms with Crippen LogP contribution in [0.15, 0.2) is 18.2 Å². The number of hydrogen-bond donors (Lipinski definition) is 2. The fourth-order valence-corrected chi connectivity index (χ4v) is 2.86. The highest BCUT2D eigenvalue weighted by Crippen LogP contribution is 2.21. The van der Waals surface area contributed by atoms with E-state index in [0.29, 0.717) is 6.54 Å². The number of likely N-dealkylation sites (tertiary alicyclic amines) is 1. The highest BCUT2D eigenvalue weighted by atomic mass is 32.1. The van der Waals surface area contributed by atoms with Crippen LogP contribution in [0.5, 0.6) is 0 Å². The molecule has 1 aliphatic heterocycles. The molecule has 6 nitrogen and oxygen atoms in total. The zero-order valence-corrected chi connectivity index (χ0v) is 11.2. The number of carbonyl (C=O) groups excluding carboxylic acids is 1. The molecular weight excluding hydrogens is 262 g/mol. The molecule has 3 rings (SSSR count). The number of benzene rings is 1. The number of amides is 1. The van der Waals surface area contributed by atoms with Crippen molar-refractivity contribution in [3.63, 3.8) is 0 Å². The van der Waals surface area contributed by atoms with E-state index in [1.165, 1.54) is 0 Å². The van der Waals surface area contributed by atoms with Gasteiger partial charge in [0.05, 0.1) is 24.0 Å². The number of anilines is 1. The molecule has 7 heteroatoms. The average Bonchev–Trinajstić information content (AvgIpc) is 2.98. The van der Waals surface area contributed by atoms with E-state index in [-0.39, 0.29) is 11.9 Å². The highest BCUT2D eigenvalue weighted by Gasteiger charge is 2.21. The van der Waals surface area contributed by atoms with E-state index >= 15 is 0 Å². The second-order valence-corrected chi connectivity index (χ2v) is 5.30. The molecule has 0 saturated carbocycles. The summed E-state index contributed by atoms with van der Waals surface area (Å²) in [5, 5.41) is 2.90. The number of aromatic nitrogens is 2. The fourth-order valence-electron chi connectivity index (χ4n) is 2.31. The molecular formula is C12H15N5OS. The van der Waals surface area contributed by atoms with Crippen molar-refractivity contribution in [3.8, 4) is 0 Å². The van der Waals surface area contributed by atoms with Crippen LogP contribution in [0.1, 0.15) is 6.42 Å². The van der Waals surface area contributed by atoms with Crippen LogP contribution < -0.4 is 11.1 Å². The Hall–Kier alpha value is -1.57. The molecule has 1 aliphatic rings. The molecule has 3 N–H and O–H groups in total. The van der Waals surface area contributed by atoms with Gasteiger partial charge in [0.1, 0.15) is 11.0 Å². The average molecular weight is 277 g/mol. The molecule has 1 aromatic heterocycles. The van der Waals surface area contributed by atoms with Crippen molar-refractivity contribution in [1.82, 2.24) is 13.6 Å². The summed E-state index contributed by atoms with van der Waals surface area (Å²) < 4.78 is 8.35. The summed E-state index contributed by atoms with van der Waals surface area (Å²) in [4.78, 5) is 14.1. The third-order valence-corrected chi connectivity index (χ3v) is 3.78. The summed E-state index contributed by atoms with van der Waals surface area (Å²) in [5.74, 6) is -0.0328. The standard InChI is InChI=1S/C12H15N5OS/c13-8-4-5-17(6-8)7-11(18)14-9-2-1-3-10-12(9)16-19-15-10/h1-3,8H,4-7,13H2,(H,14,18)/t8-/m0/s1. The van der Waals surface area contributed by atoms with E-state index in [1.54, 1.807) is 0 Å². The van der Waals surface area contributed by atoms with Crippen molar-refractivity contribution in [2.45, 2.75) is 12.5 Å². The highest BCUT2D eigenvalue weighted by molar-refractivity contribution is 7.00. The summed E-state index contributed by atoms with van der Waals surface area (Å²) in [6, 6.07) is 5.79. The zero-order chi connectivity index (χ0) is 13.2. The minimum Gasteiger partial charge on any atom is -0.326 e. The van der Waals surface area contributed by atoms with Crippen molar-refractivity contribution in [2.75, 3.05) is 25.0 Å². The zero-order valence-electron chi connectivity index (χ0n) is 10.4. The van der Waals surface area contributed by atoms with Crippen LogP contribution in [0.3, 0.4) is 0 Å². The minimum absolute atomic E-state index is 0.0328. The van der Waals surface area contributed by atoms with Crippen molar-refractivity contribution in [3.05, 3.63) is 18.2 Å². The van der Waals surface area contributed by atoms with Gasteiger partial charge in [0.2, 0.25) is 5.91 Å². The lowest BCUT2D eigenvalue weighted by Gasteiger charge is -2.14. The maximum atomic E-state index is 12.0. The van der Waals surface area contributed by atoms with E-state index in [1.807, 2.05) is 18.2 Å². The maximum absolute atomic E-state index is 12.0. The van der Waals surface area contributed by atoms with Gasteiger partial charge in [-0.15, -0.1) is 0 Å². The Morgan fingerprint density at radius 2 is 2.42 bits per heavy atom. The molecule has 0 bridgehead atoms. The smallest absolute Gasteiger partial charge is 0.238 e. The Balaban J connectivity index is 1.67. The van der Waals surface area contributed by atoms with Crippen LogP contribution in [0.2, 0.25) is 0 Å². The molecule has 1 saturated heterocycles. The Bertz CT molecular complexity index is 599. The first-order chi connectivity index (χ1) is 9.22. The number of nitrogens with zero attached hydrogens (tertiary/aromatic N) is 3. The topological polar surface area (TPSA) is 84.1 Å². The maximum Gasteiger partial charge on any atom is 0.238 e. The van der Waals surface area contributed by atoms with Crippen molar-refractivity contribution in [2.24, 2.45) is 5.73 Å². The number of hydrogen-bond acceptors (Lipinski definition) is 6. The van der Waals surface area contributed by atoms with Gasteiger partial charge in [0.25, 0.3) is 0 Å². The van der Waals surface area contributed by atoms with Crippen molar-refractivity contribution < 1.29 is 4.79 Å². The van der Waals surface area contributed by atoms with E-state index in [2.05, 4.69) is 19.0 Å². The fraction of sp³-hybridized carbons (Fsp3) is 0.417. The van der Waals surface area contributed by atoms with E-state index in [0.717, 1.165) is 48.0 Å². The van der Waals surface area contributed by atoms with Gasteiger partial charge in [-0.2, -0.15) is 8.75 Å². The van der Waals surface area contributed by atoms with Crippen LogP contribution >= 0.6 is 11.7 Å². The SMILES string of the molecule is N[C@H]1CCN(CC(=O)Nc2cccc3nsnc23)C1. The molecule has 0 unspecified atom stereocenters. The van der Waals surface area contributed by atoms with Crippen LogP contribution in [-0.2, 0) is 4.79 Å². The number of fused-ring (bicyclic) bond motifs is 1. The van der Waals surface area contributed by atoms with Gasteiger partial charge in [-0.1, -0.05) is 6.07 Å². The van der Waals surface area contributed by atoms with Crippen LogP contribution in [0, 0.1) is 0 Å². The molecule has 19 heavy (non-hydrogen) atoms. The van der Waals surface area contributed by atoms with Crippen LogP contribution in [0.25, 0.3) is 11.0 Å². The Morgan fingerprint density at radius 3 is 3.21 bits per heavy atom. The first-order valence-corrected chi connectivity index (χ1v) is 6.94. The molecule has 1 aromatic carbocycles. The van der Waals surface area contributed by atoms with E-state index in [4.69, 9.17) is 5.73 Å². The first-order valence-electron chi connectivity index (χ1n) is 6.21. The molecule has 1 fully saturated rings. The van der Waals surface area contributed by atoms with E-state index < -0.39 is 0 Å². The summed E-state index contributed by atoms with van der Waals surface area (Å²) in [5.41, 5.74) is 8.11. The van der Waals surface area contributed by atoms with E-state index in [9.17, 15) is 4.79 Å². The van der Waals surface area contributed by atoms with Crippen LogP contribution in [-0.4, -0.2) is 45.2 Å². The summed E-state index contributed by atoms with van der Waals surface area (Å²) in [7, 11) is 0. The number of carbonyl (C=O) groups is 1. The van der Waals surface area contributed by atoms with Gasteiger partial charge < -0.3 is 11.1 Å². The molecule has 0 radical (unpaired) electrons. The van der Waals surface area contributed by atoms with Crippen molar-refractivity contribution in [1.29, 1.82) is 0 Å². The summed E-state index contributed by atoms with van der Waals surface area (Å²) >= 11 is 1.15. The Labute approximate surface area is 114 Å². The number of nitrogens with one attached hydrogen (secondary N) is 1. The van der Waals surface area contributed by atoms with Gasteiger partial charge in [0.15, 0.2) is 0 Å². The number of nitrogens with two attached hydrogens (primary N) is 1. The van der Waals surface area contributed by atoms with Gasteiger partial charge in [-0.25, -0.2) is 0 Å². The largest absolute Gasteiger partial charge is 0.326 e. The molecule has 0 spiro atoms. The third-order valence-electron chi connectivity index (χ3n) is 3.24. The monoisotopic (exact) mass is 277 g/mol. The molecule has 100 valence electrons. The second-order valence-electron chi connectivity index (χ2n) is 4.77. The van der Waals surface area contributed by atoms with Gasteiger partial charge in [-0.3, -0.25) is 9.69 Å². The van der Waals surface area contributed by atoms with Crippen molar-refractivity contribution >= 4 is 34.4 Å². The van der Waals surface area contributed by atoms with Gasteiger partial charge in [0, 0.05) is 19.1 Å². The summed E-state index contributed by atoms with van der Waals surface area (Å²) in [6.07, 6.45) is 0.957. The van der Waals surface area contributed by atoms with Gasteiger partial charge >= 0.3 is 0 Å². The Kier molecular flexibility index (Phi) is 3.41. The number of rotatable bonds is 3. The second kappa shape index (κ2) is 5.20. The predicted molar refractivity (Wildman–Crippen MR) is 75.1 cm³/mol. The third kappa shape index (κ3) is 2.73. The first kappa shape index (κ1) is 12.5. The molecule has 0 aliphatic carbocycles. The quantitative estimate of drug-likeness (QED) is 0.861. The Morgan fingerprint density at radius 1 is 1.53 bits per heavy atom. The molecule has 1 atom stereocenters. The normalized spacial score (nSPS) is 19.9. The minimum atomic E-state index is -0.0328. The summed E-state index contributed by atoms with van der Waals surface area (Å²) in [6.45, 7) is 2.05. The van der Waals surface area contributed by atoms with Gasteiger partial charge in [-0.05, 0) is 18.6 Å². The lowest BCUT2D eigenvalue weighted by atomic mass is 10.2. The lowest BCUT2D eigenvalue weighted by Crippen LogP contribution is -2.33. The molecule has 2 heterocycles. The molecule has 2 aromatic rings. The van der Waals surface area contributed by atoms with Crippen LogP contribution in [0.4, 0.5) is 5.69 Å². The molecule has 1 amide bonds. The predicted octanol–water partition coefficient (Wildman–Crippen LogP) is 0.663. The lowest BCUT2D eigenvalue weighted by molar-refractivity contribution is -0.117.